The number of rotatable bonds is 3. The zero-order valence-corrected chi connectivity index (χ0v) is 12.0. The summed E-state index contributed by atoms with van der Waals surface area (Å²) in [7, 11) is 1.29. The molecule has 1 spiro atoms. The molecule has 0 radical (unpaired) electrons. The minimum absolute atomic E-state index is 0.00689. The van der Waals surface area contributed by atoms with E-state index in [1.165, 1.54) is 7.11 Å². The Balaban J connectivity index is 2.15. The number of nitrogens with zero attached hydrogens (tertiary/aromatic N) is 1. The first-order valence-corrected chi connectivity index (χ1v) is 6.63. The van der Waals surface area contributed by atoms with Crippen LogP contribution in [0.2, 0.25) is 0 Å². The average Bonchev–Trinajstić information content (AvgIpc) is 2.63. The minimum Gasteiger partial charge on any atom is -0.469 e. The van der Waals surface area contributed by atoms with Gasteiger partial charge in [-0.2, -0.15) is 0 Å². The average molecular weight is 284 g/mol. The quantitative estimate of drug-likeness (QED) is 0.594. The van der Waals surface area contributed by atoms with Gasteiger partial charge in [-0.1, -0.05) is 0 Å². The van der Waals surface area contributed by atoms with Crippen molar-refractivity contribution in [2.45, 2.75) is 32.2 Å². The number of hydrogen-bond donors (Lipinski definition) is 1. The van der Waals surface area contributed by atoms with Crippen LogP contribution >= 0.6 is 0 Å². The second-order valence-electron chi connectivity index (χ2n) is 5.89. The molecule has 0 bridgehead atoms. The maximum absolute atomic E-state index is 12.5. The largest absolute Gasteiger partial charge is 0.469 e. The summed E-state index contributed by atoms with van der Waals surface area (Å²) in [5.41, 5.74) is -1.79. The standard InChI is InChI=1S/C13H20N2O5/c1-12(2,10(17)19-3)8-15-9(16)13(14-11(15)18)4-6-20-7-5-13/h4-8H2,1-3H3,(H,14,18). The van der Waals surface area contributed by atoms with E-state index < -0.39 is 23.0 Å². The molecule has 3 amide bonds. The van der Waals surface area contributed by atoms with Crippen molar-refractivity contribution in [3.05, 3.63) is 0 Å². The van der Waals surface area contributed by atoms with E-state index in [2.05, 4.69) is 5.32 Å². The molecule has 2 aliphatic rings. The van der Waals surface area contributed by atoms with Crippen molar-refractivity contribution >= 4 is 17.9 Å². The maximum atomic E-state index is 12.5. The van der Waals surface area contributed by atoms with E-state index in [1.54, 1.807) is 13.8 Å². The SMILES string of the molecule is COC(=O)C(C)(C)CN1C(=O)NC2(CCOCC2)C1=O. The third kappa shape index (κ3) is 2.37. The number of urea groups is 1. The summed E-state index contributed by atoms with van der Waals surface area (Å²) >= 11 is 0. The van der Waals surface area contributed by atoms with Gasteiger partial charge in [-0.05, 0) is 13.8 Å². The van der Waals surface area contributed by atoms with Crippen molar-refractivity contribution in [1.82, 2.24) is 10.2 Å². The molecule has 20 heavy (non-hydrogen) atoms. The van der Waals surface area contributed by atoms with Crippen molar-refractivity contribution in [2.24, 2.45) is 5.41 Å². The molecule has 2 rings (SSSR count). The first-order chi connectivity index (χ1) is 9.32. The van der Waals surface area contributed by atoms with E-state index in [1.807, 2.05) is 0 Å². The van der Waals surface area contributed by atoms with Gasteiger partial charge in [0.1, 0.15) is 5.54 Å². The number of hydrogen-bond acceptors (Lipinski definition) is 5. The molecule has 112 valence electrons. The Morgan fingerprint density at radius 3 is 2.55 bits per heavy atom. The van der Waals surface area contributed by atoms with Crippen molar-refractivity contribution in [3.63, 3.8) is 0 Å². The van der Waals surface area contributed by atoms with E-state index >= 15 is 0 Å². The van der Waals surface area contributed by atoms with Gasteiger partial charge in [0, 0.05) is 32.6 Å². The predicted molar refractivity (Wildman–Crippen MR) is 68.8 cm³/mol. The highest BCUT2D eigenvalue weighted by molar-refractivity contribution is 6.07. The van der Waals surface area contributed by atoms with Crippen LogP contribution in [-0.2, 0) is 19.1 Å². The van der Waals surface area contributed by atoms with Gasteiger partial charge in [-0.25, -0.2) is 4.79 Å². The molecule has 0 unspecified atom stereocenters. The van der Waals surface area contributed by atoms with E-state index in [4.69, 9.17) is 9.47 Å². The third-order valence-electron chi connectivity index (χ3n) is 3.88. The fraction of sp³-hybridized carbons (Fsp3) is 0.769. The number of carbonyl (C=O) groups is 3. The normalized spacial score (nSPS) is 22.1. The zero-order chi connectivity index (χ0) is 15.0. The lowest BCUT2D eigenvalue weighted by molar-refractivity contribution is -0.152. The van der Waals surface area contributed by atoms with Crippen LogP contribution < -0.4 is 5.32 Å². The fourth-order valence-corrected chi connectivity index (χ4v) is 2.61. The number of esters is 1. The van der Waals surface area contributed by atoms with Gasteiger partial charge in [0.15, 0.2) is 0 Å². The molecule has 0 aromatic heterocycles. The second kappa shape index (κ2) is 5.05. The molecule has 0 aliphatic carbocycles. The van der Waals surface area contributed by atoms with Crippen molar-refractivity contribution < 1.29 is 23.9 Å². The summed E-state index contributed by atoms with van der Waals surface area (Å²) in [6, 6.07) is -0.450. The molecule has 0 saturated carbocycles. The molecule has 1 N–H and O–H groups in total. The third-order valence-corrected chi connectivity index (χ3v) is 3.88. The van der Waals surface area contributed by atoms with Gasteiger partial charge < -0.3 is 14.8 Å². The molecular weight excluding hydrogens is 264 g/mol. The number of nitrogens with one attached hydrogen (secondary N) is 1. The Kier molecular flexibility index (Phi) is 3.73. The maximum Gasteiger partial charge on any atom is 0.325 e. The predicted octanol–water partition coefficient (Wildman–Crippen LogP) is 0.287. The molecule has 0 aromatic rings. The molecule has 7 heteroatoms. The first kappa shape index (κ1) is 14.8. The van der Waals surface area contributed by atoms with Gasteiger partial charge in [0.25, 0.3) is 5.91 Å². The van der Waals surface area contributed by atoms with Crippen LogP contribution in [0, 0.1) is 5.41 Å². The number of ether oxygens (including phenoxy) is 2. The zero-order valence-electron chi connectivity index (χ0n) is 12.0. The highest BCUT2D eigenvalue weighted by Gasteiger charge is 2.53. The summed E-state index contributed by atoms with van der Waals surface area (Å²) in [5.74, 6) is -0.728. The summed E-state index contributed by atoms with van der Waals surface area (Å²) in [5, 5.41) is 2.75. The topological polar surface area (TPSA) is 84.9 Å². The molecule has 2 heterocycles. The second-order valence-corrected chi connectivity index (χ2v) is 5.89. The van der Waals surface area contributed by atoms with Crippen LogP contribution in [0.4, 0.5) is 4.79 Å². The molecule has 2 aliphatic heterocycles. The van der Waals surface area contributed by atoms with Gasteiger partial charge in [-0.3, -0.25) is 14.5 Å². The van der Waals surface area contributed by atoms with Crippen LogP contribution in [0.5, 0.6) is 0 Å². The first-order valence-electron chi connectivity index (χ1n) is 6.63. The van der Waals surface area contributed by atoms with E-state index in [0.29, 0.717) is 26.1 Å². The summed E-state index contributed by atoms with van der Waals surface area (Å²) in [6.07, 6.45) is 0.930. The molecule has 0 aromatic carbocycles. The van der Waals surface area contributed by atoms with Gasteiger partial charge in [-0.15, -0.1) is 0 Å². The highest BCUT2D eigenvalue weighted by Crippen LogP contribution is 2.31. The number of carbonyl (C=O) groups excluding carboxylic acids is 3. The Labute approximate surface area is 117 Å². The number of imide groups is 1. The van der Waals surface area contributed by atoms with Crippen molar-refractivity contribution in [1.29, 1.82) is 0 Å². The van der Waals surface area contributed by atoms with Crippen molar-refractivity contribution in [3.8, 4) is 0 Å². The number of amides is 3. The highest BCUT2D eigenvalue weighted by atomic mass is 16.5. The van der Waals surface area contributed by atoms with Crippen molar-refractivity contribution in [2.75, 3.05) is 26.9 Å². The molecule has 2 saturated heterocycles. The lowest BCUT2D eigenvalue weighted by Crippen LogP contribution is -2.51. The summed E-state index contributed by atoms with van der Waals surface area (Å²) < 4.78 is 9.94. The Hall–Kier alpha value is -1.63. The van der Waals surface area contributed by atoms with Gasteiger partial charge >= 0.3 is 12.0 Å². The van der Waals surface area contributed by atoms with Crippen LogP contribution in [0.3, 0.4) is 0 Å². The number of methoxy groups -OCH3 is 1. The van der Waals surface area contributed by atoms with Crippen LogP contribution in [0.15, 0.2) is 0 Å². The molecular formula is C13H20N2O5. The molecule has 0 atom stereocenters. The Morgan fingerprint density at radius 1 is 1.40 bits per heavy atom. The Morgan fingerprint density at radius 2 is 2.00 bits per heavy atom. The minimum atomic E-state index is -0.932. The molecule has 7 nitrogen and oxygen atoms in total. The van der Waals surface area contributed by atoms with Gasteiger partial charge in [0.2, 0.25) is 0 Å². The fourth-order valence-electron chi connectivity index (χ4n) is 2.61. The van der Waals surface area contributed by atoms with Crippen LogP contribution in [0.25, 0.3) is 0 Å². The monoisotopic (exact) mass is 284 g/mol. The summed E-state index contributed by atoms with van der Waals surface area (Å²) in [4.78, 5) is 37.4. The van der Waals surface area contributed by atoms with E-state index in [-0.39, 0.29) is 12.5 Å². The van der Waals surface area contributed by atoms with Crippen LogP contribution in [-0.4, -0.2) is 55.2 Å². The van der Waals surface area contributed by atoms with Crippen LogP contribution in [0.1, 0.15) is 26.7 Å². The lowest BCUT2D eigenvalue weighted by atomic mass is 9.89. The lowest BCUT2D eigenvalue weighted by Gasteiger charge is -2.31. The van der Waals surface area contributed by atoms with E-state index in [0.717, 1.165) is 4.90 Å². The Bertz CT molecular complexity index is 440. The summed E-state index contributed by atoms with van der Waals surface area (Å²) in [6.45, 7) is 4.19. The van der Waals surface area contributed by atoms with Gasteiger partial charge in [0.05, 0.1) is 12.5 Å². The smallest absolute Gasteiger partial charge is 0.325 e. The van der Waals surface area contributed by atoms with E-state index in [9.17, 15) is 14.4 Å². The molecule has 2 fully saturated rings.